The maximum atomic E-state index is 13.1. The Bertz CT molecular complexity index is 387. The molecule has 4 heteroatoms. The van der Waals surface area contributed by atoms with Crippen molar-refractivity contribution in [3.8, 4) is 6.07 Å². The third-order valence-electron chi connectivity index (χ3n) is 2.11. The number of benzene rings is 1. The molecular formula is C12H15FN2O. The molecule has 0 aromatic heterocycles. The van der Waals surface area contributed by atoms with E-state index in [2.05, 4.69) is 5.32 Å². The summed E-state index contributed by atoms with van der Waals surface area (Å²) in [5, 5.41) is 11.7. The lowest BCUT2D eigenvalue weighted by Gasteiger charge is -2.12. The van der Waals surface area contributed by atoms with E-state index in [0.29, 0.717) is 17.7 Å². The Morgan fingerprint density at radius 2 is 2.25 bits per heavy atom. The average Bonchev–Trinajstić information content (AvgIpc) is 2.26. The maximum Gasteiger partial charge on any atom is 0.124 e. The number of nitriles is 1. The summed E-state index contributed by atoms with van der Waals surface area (Å²) in [4.78, 5) is 0. The van der Waals surface area contributed by atoms with E-state index in [1.807, 2.05) is 20.0 Å². The molecule has 0 aliphatic carbocycles. The molecule has 86 valence electrons. The predicted molar refractivity (Wildman–Crippen MR) is 59.3 cm³/mol. The van der Waals surface area contributed by atoms with Crippen LogP contribution in [0.2, 0.25) is 0 Å². The van der Waals surface area contributed by atoms with Crippen LogP contribution >= 0.6 is 0 Å². The summed E-state index contributed by atoms with van der Waals surface area (Å²) in [6.07, 6.45) is 0.0544. The molecule has 0 heterocycles. The molecule has 0 spiro atoms. The fourth-order valence-corrected chi connectivity index (χ4v) is 1.38. The zero-order valence-corrected chi connectivity index (χ0v) is 9.46. The quantitative estimate of drug-likeness (QED) is 0.826. The van der Waals surface area contributed by atoms with Crippen LogP contribution in [-0.4, -0.2) is 19.7 Å². The molecule has 1 aromatic carbocycles. The molecule has 16 heavy (non-hydrogen) atoms. The number of rotatable bonds is 5. The summed E-state index contributed by atoms with van der Waals surface area (Å²) in [7, 11) is 1.84. The van der Waals surface area contributed by atoms with Gasteiger partial charge in [0, 0.05) is 6.54 Å². The van der Waals surface area contributed by atoms with Crippen molar-refractivity contribution in [3.63, 3.8) is 0 Å². The van der Waals surface area contributed by atoms with Gasteiger partial charge in [-0.3, -0.25) is 0 Å². The minimum atomic E-state index is -0.404. The van der Waals surface area contributed by atoms with Crippen molar-refractivity contribution in [2.75, 3.05) is 13.6 Å². The second-order valence-electron chi connectivity index (χ2n) is 3.64. The lowest BCUT2D eigenvalue weighted by Crippen LogP contribution is -2.23. The van der Waals surface area contributed by atoms with Crippen LogP contribution in [-0.2, 0) is 11.3 Å². The molecule has 0 fully saturated rings. The standard InChI is InChI=1S/C12H15FN2O/c1-9(7-15-2)16-8-11-3-10(6-14)4-12(13)5-11/h3-5,9,15H,7-8H2,1-2H3. The molecule has 0 radical (unpaired) electrons. The molecule has 1 rings (SSSR count). The van der Waals surface area contributed by atoms with E-state index in [0.717, 1.165) is 6.54 Å². The second-order valence-corrected chi connectivity index (χ2v) is 3.64. The minimum absolute atomic E-state index is 0.0544. The van der Waals surface area contributed by atoms with Crippen LogP contribution in [0.3, 0.4) is 0 Å². The van der Waals surface area contributed by atoms with Crippen LogP contribution in [0.25, 0.3) is 0 Å². The summed E-state index contributed by atoms with van der Waals surface area (Å²) in [5.41, 5.74) is 0.999. The highest BCUT2D eigenvalue weighted by molar-refractivity contribution is 5.33. The number of nitrogens with one attached hydrogen (secondary N) is 1. The van der Waals surface area contributed by atoms with Gasteiger partial charge in [0.1, 0.15) is 5.82 Å². The van der Waals surface area contributed by atoms with Gasteiger partial charge >= 0.3 is 0 Å². The topological polar surface area (TPSA) is 45.0 Å². The summed E-state index contributed by atoms with van der Waals surface area (Å²) >= 11 is 0. The molecule has 0 saturated heterocycles. The molecule has 1 atom stereocenters. The predicted octanol–water partition coefficient (Wildman–Crippen LogP) is 1.82. The highest BCUT2D eigenvalue weighted by atomic mass is 19.1. The lowest BCUT2D eigenvalue weighted by molar-refractivity contribution is 0.0543. The highest BCUT2D eigenvalue weighted by Crippen LogP contribution is 2.10. The molecule has 0 aliphatic heterocycles. The third kappa shape index (κ3) is 3.97. The van der Waals surface area contributed by atoms with E-state index in [1.165, 1.54) is 12.1 Å². The van der Waals surface area contributed by atoms with E-state index in [9.17, 15) is 4.39 Å². The number of halogens is 1. The van der Waals surface area contributed by atoms with Crippen molar-refractivity contribution in [1.82, 2.24) is 5.32 Å². The molecule has 0 aliphatic rings. The van der Waals surface area contributed by atoms with Gasteiger partial charge in [-0.05, 0) is 37.7 Å². The number of hydrogen-bond acceptors (Lipinski definition) is 3. The maximum absolute atomic E-state index is 13.1. The van der Waals surface area contributed by atoms with E-state index in [-0.39, 0.29) is 6.10 Å². The molecule has 1 unspecified atom stereocenters. The highest BCUT2D eigenvalue weighted by Gasteiger charge is 2.04. The number of nitrogens with zero attached hydrogens (tertiary/aromatic N) is 1. The van der Waals surface area contributed by atoms with Crippen LogP contribution < -0.4 is 5.32 Å². The first kappa shape index (κ1) is 12.6. The third-order valence-corrected chi connectivity index (χ3v) is 2.11. The molecule has 1 aromatic rings. The van der Waals surface area contributed by atoms with Crippen LogP contribution in [0.4, 0.5) is 4.39 Å². The van der Waals surface area contributed by atoms with E-state index < -0.39 is 5.82 Å². The van der Waals surface area contributed by atoms with Gasteiger partial charge in [0.15, 0.2) is 0 Å². The van der Waals surface area contributed by atoms with Crippen LogP contribution in [0, 0.1) is 17.1 Å². The van der Waals surface area contributed by atoms with Gasteiger partial charge in [-0.25, -0.2) is 4.39 Å². The SMILES string of the molecule is CNCC(C)OCc1cc(F)cc(C#N)c1. The zero-order valence-electron chi connectivity index (χ0n) is 9.46. The van der Waals surface area contributed by atoms with Gasteiger partial charge in [0.05, 0.1) is 24.3 Å². The minimum Gasteiger partial charge on any atom is -0.373 e. The number of hydrogen-bond donors (Lipinski definition) is 1. The summed E-state index contributed by atoms with van der Waals surface area (Å²) in [5.74, 6) is -0.404. The fraction of sp³-hybridized carbons (Fsp3) is 0.417. The Hall–Kier alpha value is -1.44. The van der Waals surface area contributed by atoms with Crippen molar-refractivity contribution in [2.24, 2.45) is 0 Å². The largest absolute Gasteiger partial charge is 0.373 e. The van der Waals surface area contributed by atoms with Crippen molar-refractivity contribution < 1.29 is 9.13 Å². The molecule has 1 N–H and O–H groups in total. The van der Waals surface area contributed by atoms with E-state index in [4.69, 9.17) is 10.00 Å². The van der Waals surface area contributed by atoms with Crippen molar-refractivity contribution >= 4 is 0 Å². The van der Waals surface area contributed by atoms with Crippen molar-refractivity contribution in [2.45, 2.75) is 19.6 Å². The number of ether oxygens (including phenoxy) is 1. The van der Waals surface area contributed by atoms with Crippen LogP contribution in [0.1, 0.15) is 18.1 Å². The Labute approximate surface area is 94.8 Å². The van der Waals surface area contributed by atoms with Gasteiger partial charge in [-0.2, -0.15) is 5.26 Å². The first-order valence-electron chi connectivity index (χ1n) is 5.11. The summed E-state index contributed by atoms with van der Waals surface area (Å²) < 4.78 is 18.6. The molecule has 0 saturated carbocycles. The first-order chi connectivity index (χ1) is 7.65. The van der Waals surface area contributed by atoms with Gasteiger partial charge in [-0.1, -0.05) is 0 Å². The lowest BCUT2D eigenvalue weighted by atomic mass is 10.1. The van der Waals surface area contributed by atoms with Crippen molar-refractivity contribution in [3.05, 3.63) is 35.1 Å². The van der Waals surface area contributed by atoms with Crippen LogP contribution in [0.5, 0.6) is 0 Å². The normalized spacial score (nSPS) is 12.1. The molecular weight excluding hydrogens is 207 g/mol. The van der Waals surface area contributed by atoms with Crippen molar-refractivity contribution in [1.29, 1.82) is 5.26 Å². The molecule has 0 bridgehead atoms. The second kappa shape index (κ2) is 6.21. The summed E-state index contributed by atoms with van der Waals surface area (Å²) in [6.45, 7) is 2.98. The Kier molecular flexibility index (Phi) is 4.90. The van der Waals surface area contributed by atoms with Gasteiger partial charge in [-0.15, -0.1) is 0 Å². The Morgan fingerprint density at radius 3 is 2.88 bits per heavy atom. The van der Waals surface area contributed by atoms with E-state index in [1.54, 1.807) is 6.07 Å². The average molecular weight is 222 g/mol. The zero-order chi connectivity index (χ0) is 12.0. The summed E-state index contributed by atoms with van der Waals surface area (Å²) in [6, 6.07) is 6.14. The van der Waals surface area contributed by atoms with Gasteiger partial charge < -0.3 is 10.1 Å². The number of likely N-dealkylation sites (N-methyl/N-ethyl adjacent to an activating group) is 1. The van der Waals surface area contributed by atoms with Gasteiger partial charge in [0.25, 0.3) is 0 Å². The fourth-order valence-electron chi connectivity index (χ4n) is 1.38. The van der Waals surface area contributed by atoms with Gasteiger partial charge in [0.2, 0.25) is 0 Å². The smallest absolute Gasteiger partial charge is 0.124 e. The Balaban J connectivity index is 2.60. The van der Waals surface area contributed by atoms with Crippen LogP contribution in [0.15, 0.2) is 18.2 Å². The first-order valence-corrected chi connectivity index (χ1v) is 5.11. The molecule has 0 amide bonds. The van der Waals surface area contributed by atoms with E-state index >= 15 is 0 Å². The monoisotopic (exact) mass is 222 g/mol. The molecule has 3 nitrogen and oxygen atoms in total. The Morgan fingerprint density at radius 1 is 1.50 bits per heavy atom.